The van der Waals surface area contributed by atoms with Crippen LogP contribution in [0.1, 0.15) is 18.1 Å². The molecule has 0 atom stereocenters. The molecule has 0 unspecified atom stereocenters. The number of hydrogen-bond acceptors (Lipinski definition) is 6. The zero-order valence-electron chi connectivity index (χ0n) is 14.7. The van der Waals surface area contributed by atoms with Crippen LogP contribution in [0.25, 0.3) is 6.08 Å². The molecule has 2 amide bonds. The van der Waals surface area contributed by atoms with E-state index in [2.05, 4.69) is 10.3 Å². The van der Waals surface area contributed by atoms with Crippen LogP contribution in [-0.2, 0) is 16.2 Å². The molecule has 1 aliphatic rings. The Morgan fingerprint density at radius 2 is 1.89 bits per heavy atom. The normalized spacial score (nSPS) is 14.7. The number of nitrogens with one attached hydrogen (secondary N) is 1. The van der Waals surface area contributed by atoms with Crippen molar-refractivity contribution in [3.05, 3.63) is 74.7 Å². The van der Waals surface area contributed by atoms with E-state index in [0.717, 1.165) is 22.9 Å². The first kappa shape index (κ1) is 19.3. The Kier molecular flexibility index (Phi) is 5.85. The first-order valence-corrected chi connectivity index (χ1v) is 8.99. The molecule has 3 rings (SSSR count). The third-order valence-corrected chi connectivity index (χ3v) is 4.53. The summed E-state index contributed by atoms with van der Waals surface area (Å²) in [5.41, 5.74) is 1.64. The Labute approximate surface area is 164 Å². The number of nitro groups is 1. The van der Waals surface area contributed by atoms with Gasteiger partial charge in [0.25, 0.3) is 11.6 Å². The van der Waals surface area contributed by atoms with Gasteiger partial charge in [-0.25, -0.2) is 0 Å². The number of amides is 2. The van der Waals surface area contributed by atoms with Crippen LogP contribution in [-0.4, -0.2) is 21.9 Å². The lowest BCUT2D eigenvalue weighted by Gasteiger charge is -2.06. The minimum atomic E-state index is -0.449. The van der Waals surface area contributed by atoms with Crippen molar-refractivity contribution >= 4 is 40.5 Å². The molecule has 0 aliphatic carbocycles. The maximum atomic E-state index is 11.9. The van der Waals surface area contributed by atoms with Gasteiger partial charge in [-0.2, -0.15) is 4.99 Å². The molecule has 142 valence electrons. The molecule has 1 N–H and O–H groups in total. The lowest BCUT2D eigenvalue weighted by Crippen LogP contribution is -2.23. The fourth-order valence-corrected chi connectivity index (χ4v) is 3.16. The van der Waals surface area contributed by atoms with Crippen LogP contribution in [0.15, 0.2) is 58.4 Å². The van der Waals surface area contributed by atoms with Crippen molar-refractivity contribution in [1.82, 2.24) is 5.32 Å². The summed E-state index contributed by atoms with van der Waals surface area (Å²) >= 11 is 1.11. The largest absolute Gasteiger partial charge is 0.489 e. The molecule has 1 heterocycles. The number of hydrogen-bond donors (Lipinski definition) is 1. The fourth-order valence-electron chi connectivity index (χ4n) is 2.31. The van der Waals surface area contributed by atoms with E-state index >= 15 is 0 Å². The van der Waals surface area contributed by atoms with E-state index in [0.29, 0.717) is 10.7 Å². The zero-order valence-corrected chi connectivity index (χ0v) is 15.6. The van der Waals surface area contributed by atoms with Gasteiger partial charge in [-0.1, -0.05) is 12.1 Å². The van der Waals surface area contributed by atoms with Gasteiger partial charge in [0.05, 0.1) is 9.83 Å². The number of non-ortho nitro benzene ring substituents is 1. The van der Waals surface area contributed by atoms with Crippen LogP contribution in [0.3, 0.4) is 0 Å². The van der Waals surface area contributed by atoms with E-state index in [1.165, 1.54) is 19.1 Å². The molecule has 2 aromatic carbocycles. The molecule has 9 heteroatoms. The van der Waals surface area contributed by atoms with Gasteiger partial charge in [-0.05, 0) is 53.2 Å². The molecule has 0 radical (unpaired) electrons. The quantitative estimate of drug-likeness (QED) is 0.471. The lowest BCUT2D eigenvalue weighted by atomic mass is 10.2. The van der Waals surface area contributed by atoms with E-state index in [4.69, 9.17) is 4.74 Å². The van der Waals surface area contributed by atoms with E-state index in [1.54, 1.807) is 42.5 Å². The number of nitro benzene ring substituents is 1. The third kappa shape index (κ3) is 5.04. The van der Waals surface area contributed by atoms with E-state index in [9.17, 15) is 19.7 Å². The molecular formula is C19H15N3O5S. The number of aliphatic imine (C=N–C) groups is 1. The number of rotatable bonds is 5. The molecule has 0 saturated heterocycles. The van der Waals surface area contributed by atoms with Crippen LogP contribution >= 0.6 is 11.8 Å². The number of benzene rings is 2. The van der Waals surface area contributed by atoms with Crippen molar-refractivity contribution in [3.8, 4) is 5.75 Å². The van der Waals surface area contributed by atoms with E-state index < -0.39 is 10.8 Å². The molecule has 0 bridgehead atoms. The van der Waals surface area contributed by atoms with Gasteiger partial charge in [0.1, 0.15) is 12.4 Å². The Morgan fingerprint density at radius 3 is 2.50 bits per heavy atom. The molecule has 8 nitrogen and oxygen atoms in total. The van der Waals surface area contributed by atoms with Crippen molar-refractivity contribution in [3.63, 3.8) is 0 Å². The third-order valence-electron chi connectivity index (χ3n) is 3.63. The standard InChI is InChI=1S/C19H15N3O5S/c1-12(23)20-19-21-18(24)17(28-19)10-13-4-8-16(9-5-13)27-11-14-2-6-15(7-3-14)22(25)26/h2-10H,11H2,1H3,(H,20,21,23,24)/b17-10+. The number of carbonyl (C=O) groups excluding carboxylic acids is 2. The Bertz CT molecular complexity index is 982. The van der Waals surface area contributed by atoms with Crippen LogP contribution in [0.2, 0.25) is 0 Å². The summed E-state index contributed by atoms with van der Waals surface area (Å²) in [6, 6.07) is 13.3. The van der Waals surface area contributed by atoms with Gasteiger partial charge in [-0.3, -0.25) is 19.7 Å². The molecule has 1 aliphatic heterocycles. The SMILES string of the molecule is CC(=O)NC1=NC(=O)/C(=C\c2ccc(OCc3ccc([N+](=O)[O-])cc3)cc2)S1. The molecular weight excluding hydrogens is 382 g/mol. The molecule has 0 saturated carbocycles. The van der Waals surface area contributed by atoms with Gasteiger partial charge in [0.15, 0.2) is 5.17 Å². The van der Waals surface area contributed by atoms with E-state index in [1.807, 2.05) is 0 Å². The van der Waals surface area contributed by atoms with Gasteiger partial charge in [0, 0.05) is 19.1 Å². The molecule has 2 aromatic rings. The second-order valence-electron chi connectivity index (χ2n) is 5.80. The minimum absolute atomic E-state index is 0.0334. The summed E-state index contributed by atoms with van der Waals surface area (Å²) < 4.78 is 5.67. The Hall–Kier alpha value is -3.46. The molecule has 0 fully saturated rings. The first-order valence-electron chi connectivity index (χ1n) is 8.17. The highest BCUT2D eigenvalue weighted by atomic mass is 32.2. The van der Waals surface area contributed by atoms with Crippen molar-refractivity contribution < 1.29 is 19.2 Å². The number of carbonyl (C=O) groups is 2. The average molecular weight is 397 g/mol. The van der Waals surface area contributed by atoms with Crippen LogP contribution in [0.4, 0.5) is 5.69 Å². The fraction of sp³-hybridized carbons (Fsp3) is 0.105. The van der Waals surface area contributed by atoms with Crippen molar-refractivity contribution in [2.24, 2.45) is 4.99 Å². The predicted molar refractivity (Wildman–Crippen MR) is 106 cm³/mol. The zero-order chi connectivity index (χ0) is 20.1. The molecule has 28 heavy (non-hydrogen) atoms. The highest BCUT2D eigenvalue weighted by molar-refractivity contribution is 8.18. The smallest absolute Gasteiger partial charge is 0.286 e. The monoisotopic (exact) mass is 397 g/mol. The predicted octanol–water partition coefficient (Wildman–Crippen LogP) is 3.28. The van der Waals surface area contributed by atoms with Gasteiger partial charge in [0.2, 0.25) is 5.91 Å². The second-order valence-corrected chi connectivity index (χ2v) is 6.83. The van der Waals surface area contributed by atoms with Crippen LogP contribution < -0.4 is 10.1 Å². The highest BCUT2D eigenvalue weighted by Crippen LogP contribution is 2.28. The number of nitrogens with zero attached hydrogens (tertiary/aromatic N) is 2. The summed E-state index contributed by atoms with van der Waals surface area (Å²) in [5.74, 6) is -0.0526. The van der Waals surface area contributed by atoms with Crippen LogP contribution in [0.5, 0.6) is 5.75 Å². The maximum Gasteiger partial charge on any atom is 0.286 e. The lowest BCUT2D eigenvalue weighted by molar-refractivity contribution is -0.384. The number of amidine groups is 1. The van der Waals surface area contributed by atoms with Gasteiger partial charge in [-0.15, -0.1) is 0 Å². The minimum Gasteiger partial charge on any atom is -0.489 e. The average Bonchev–Trinajstić information content (AvgIpc) is 2.99. The van der Waals surface area contributed by atoms with Gasteiger partial charge >= 0.3 is 0 Å². The summed E-state index contributed by atoms with van der Waals surface area (Å²) in [7, 11) is 0. The maximum absolute atomic E-state index is 11.9. The number of thioether (sulfide) groups is 1. The first-order chi connectivity index (χ1) is 13.4. The Balaban J connectivity index is 1.59. The van der Waals surface area contributed by atoms with Crippen LogP contribution in [0, 0.1) is 10.1 Å². The van der Waals surface area contributed by atoms with Gasteiger partial charge < -0.3 is 10.1 Å². The van der Waals surface area contributed by atoms with Crippen molar-refractivity contribution in [2.45, 2.75) is 13.5 Å². The van der Waals surface area contributed by atoms with Crippen molar-refractivity contribution in [1.29, 1.82) is 0 Å². The molecule has 0 aromatic heterocycles. The second kappa shape index (κ2) is 8.49. The van der Waals surface area contributed by atoms with Crippen molar-refractivity contribution in [2.75, 3.05) is 0 Å². The summed E-state index contributed by atoms with van der Waals surface area (Å²) in [5, 5.41) is 13.4. The molecule has 0 spiro atoms. The number of ether oxygens (including phenoxy) is 1. The Morgan fingerprint density at radius 1 is 1.21 bits per heavy atom. The summed E-state index contributed by atoms with van der Waals surface area (Å²) in [4.78, 5) is 37.3. The summed E-state index contributed by atoms with van der Waals surface area (Å²) in [6.07, 6.45) is 1.69. The topological polar surface area (TPSA) is 111 Å². The van der Waals surface area contributed by atoms with E-state index in [-0.39, 0.29) is 23.4 Å². The highest BCUT2D eigenvalue weighted by Gasteiger charge is 2.22. The summed E-state index contributed by atoms with van der Waals surface area (Å²) in [6.45, 7) is 1.63.